The Balaban J connectivity index is 0.00000400. The Bertz CT molecular complexity index is 417. The van der Waals surface area contributed by atoms with Crippen molar-refractivity contribution >= 4 is 18.3 Å². The molecule has 1 aromatic rings. The quantitative estimate of drug-likeness (QED) is 0.805. The van der Waals surface area contributed by atoms with E-state index in [0.717, 1.165) is 18.4 Å². The van der Waals surface area contributed by atoms with Gasteiger partial charge in [0, 0.05) is 18.5 Å². The molecule has 1 amide bonds. The molecule has 0 spiro atoms. The number of carbonyl (C=O) groups is 1. The van der Waals surface area contributed by atoms with Crippen molar-refractivity contribution in [3.63, 3.8) is 0 Å². The van der Waals surface area contributed by atoms with Crippen LogP contribution in [0, 0.1) is 5.92 Å². The number of amides is 1. The summed E-state index contributed by atoms with van der Waals surface area (Å²) in [4.78, 5) is 11.8. The van der Waals surface area contributed by atoms with Crippen LogP contribution in [0.15, 0.2) is 24.3 Å². The van der Waals surface area contributed by atoms with E-state index < -0.39 is 0 Å². The van der Waals surface area contributed by atoms with E-state index in [1.165, 1.54) is 5.56 Å². The molecule has 3 N–H and O–H groups in total. The van der Waals surface area contributed by atoms with Gasteiger partial charge in [-0.3, -0.25) is 4.79 Å². The third kappa shape index (κ3) is 6.49. The van der Waals surface area contributed by atoms with E-state index in [1.807, 2.05) is 6.92 Å². The molecule has 0 aliphatic rings. The van der Waals surface area contributed by atoms with Gasteiger partial charge in [-0.05, 0) is 23.5 Å². The molecule has 0 radical (unpaired) electrons. The van der Waals surface area contributed by atoms with E-state index in [4.69, 9.17) is 5.73 Å². The van der Waals surface area contributed by atoms with Gasteiger partial charge in [0.05, 0.1) is 0 Å². The SMILES string of the molecule is CCCC(C)C(=O)NCC(N)c1ccc(C(C)C)cc1.Cl. The summed E-state index contributed by atoms with van der Waals surface area (Å²) >= 11 is 0. The number of nitrogens with two attached hydrogens (primary N) is 1. The van der Waals surface area contributed by atoms with Crippen molar-refractivity contribution in [1.82, 2.24) is 5.32 Å². The third-order valence-corrected chi connectivity index (χ3v) is 3.70. The van der Waals surface area contributed by atoms with Crippen LogP contribution in [-0.2, 0) is 4.79 Å². The smallest absolute Gasteiger partial charge is 0.222 e. The average Bonchev–Trinajstić information content (AvgIpc) is 2.44. The summed E-state index contributed by atoms with van der Waals surface area (Å²) in [6.45, 7) is 8.88. The van der Waals surface area contributed by atoms with Gasteiger partial charge in [0.1, 0.15) is 0 Å². The zero-order valence-electron chi connectivity index (χ0n) is 13.6. The Kier molecular flexibility index (Phi) is 9.31. The molecule has 0 saturated carbocycles. The molecular weight excluding hydrogens is 284 g/mol. The molecule has 0 heterocycles. The summed E-state index contributed by atoms with van der Waals surface area (Å²) in [5, 5.41) is 2.94. The Morgan fingerprint density at radius 1 is 1.14 bits per heavy atom. The summed E-state index contributed by atoms with van der Waals surface area (Å²) in [7, 11) is 0. The second kappa shape index (κ2) is 9.80. The maximum atomic E-state index is 11.8. The first kappa shape index (κ1) is 19.9. The highest BCUT2D eigenvalue weighted by atomic mass is 35.5. The number of nitrogens with one attached hydrogen (secondary N) is 1. The number of hydrogen-bond donors (Lipinski definition) is 2. The van der Waals surface area contributed by atoms with Crippen molar-refractivity contribution in [1.29, 1.82) is 0 Å². The van der Waals surface area contributed by atoms with Crippen LogP contribution in [0.3, 0.4) is 0 Å². The lowest BCUT2D eigenvalue weighted by atomic mass is 9.99. The monoisotopic (exact) mass is 312 g/mol. The van der Waals surface area contributed by atoms with Gasteiger partial charge >= 0.3 is 0 Å². The molecule has 0 fully saturated rings. The lowest BCUT2D eigenvalue weighted by Gasteiger charge is -2.16. The highest BCUT2D eigenvalue weighted by Gasteiger charge is 2.13. The summed E-state index contributed by atoms with van der Waals surface area (Å²) in [6, 6.07) is 8.19. The van der Waals surface area contributed by atoms with Crippen molar-refractivity contribution < 1.29 is 4.79 Å². The molecule has 0 aliphatic carbocycles. The van der Waals surface area contributed by atoms with Crippen LogP contribution in [0.1, 0.15) is 63.6 Å². The second-order valence-electron chi connectivity index (χ2n) is 5.86. The fourth-order valence-corrected chi connectivity index (χ4v) is 2.19. The molecule has 0 saturated heterocycles. The first-order chi connectivity index (χ1) is 9.45. The van der Waals surface area contributed by atoms with Crippen molar-refractivity contribution in [2.45, 2.75) is 52.5 Å². The minimum Gasteiger partial charge on any atom is -0.354 e. The van der Waals surface area contributed by atoms with Gasteiger partial charge in [0.25, 0.3) is 0 Å². The number of hydrogen-bond acceptors (Lipinski definition) is 2. The lowest BCUT2D eigenvalue weighted by Crippen LogP contribution is -2.35. The molecule has 0 bridgehead atoms. The summed E-state index contributed by atoms with van der Waals surface area (Å²) in [5.74, 6) is 0.687. The summed E-state index contributed by atoms with van der Waals surface area (Å²) < 4.78 is 0. The minimum atomic E-state index is -0.144. The van der Waals surface area contributed by atoms with Crippen molar-refractivity contribution in [2.75, 3.05) is 6.54 Å². The van der Waals surface area contributed by atoms with Gasteiger partial charge < -0.3 is 11.1 Å². The van der Waals surface area contributed by atoms with Gasteiger partial charge in [-0.1, -0.05) is 58.4 Å². The third-order valence-electron chi connectivity index (χ3n) is 3.70. The summed E-state index contributed by atoms with van der Waals surface area (Å²) in [6.07, 6.45) is 1.95. The number of benzene rings is 1. The van der Waals surface area contributed by atoms with Gasteiger partial charge in [-0.15, -0.1) is 12.4 Å². The van der Waals surface area contributed by atoms with Crippen LogP contribution >= 0.6 is 12.4 Å². The molecule has 0 aromatic heterocycles. The molecule has 21 heavy (non-hydrogen) atoms. The summed E-state index contributed by atoms with van der Waals surface area (Å²) in [5.41, 5.74) is 8.50. The molecule has 2 atom stereocenters. The predicted octanol–water partition coefficient (Wildman–Crippen LogP) is 3.78. The van der Waals surface area contributed by atoms with Crippen molar-refractivity contribution in [2.24, 2.45) is 11.7 Å². The fraction of sp³-hybridized carbons (Fsp3) is 0.588. The molecule has 1 aromatic carbocycles. The molecule has 4 heteroatoms. The first-order valence-corrected chi connectivity index (χ1v) is 7.58. The van der Waals surface area contributed by atoms with E-state index in [0.29, 0.717) is 12.5 Å². The zero-order valence-corrected chi connectivity index (χ0v) is 14.4. The van der Waals surface area contributed by atoms with Crippen LogP contribution < -0.4 is 11.1 Å². The van der Waals surface area contributed by atoms with E-state index in [-0.39, 0.29) is 30.3 Å². The highest BCUT2D eigenvalue weighted by Crippen LogP contribution is 2.17. The number of halogens is 1. The average molecular weight is 313 g/mol. The topological polar surface area (TPSA) is 55.1 Å². The maximum Gasteiger partial charge on any atom is 0.222 e. The van der Waals surface area contributed by atoms with Crippen LogP contribution in [0.2, 0.25) is 0 Å². The molecule has 0 aliphatic heterocycles. The number of rotatable bonds is 7. The molecular formula is C17H29ClN2O. The Labute approximate surface area is 135 Å². The standard InChI is InChI=1S/C17H28N2O.ClH/c1-5-6-13(4)17(20)19-11-16(18)15-9-7-14(8-10-15)12(2)3;/h7-10,12-13,16H,5-6,11,18H2,1-4H3,(H,19,20);1H. The van der Waals surface area contributed by atoms with Crippen LogP contribution in [0.5, 0.6) is 0 Å². The van der Waals surface area contributed by atoms with Crippen LogP contribution in [0.25, 0.3) is 0 Å². The largest absolute Gasteiger partial charge is 0.354 e. The molecule has 120 valence electrons. The van der Waals surface area contributed by atoms with E-state index >= 15 is 0 Å². The second-order valence-corrected chi connectivity index (χ2v) is 5.86. The van der Waals surface area contributed by atoms with Crippen LogP contribution in [0.4, 0.5) is 0 Å². The van der Waals surface area contributed by atoms with Gasteiger partial charge in [0.15, 0.2) is 0 Å². The van der Waals surface area contributed by atoms with Gasteiger partial charge in [0.2, 0.25) is 5.91 Å². The lowest BCUT2D eigenvalue weighted by molar-refractivity contribution is -0.124. The number of carbonyl (C=O) groups excluding carboxylic acids is 1. The zero-order chi connectivity index (χ0) is 15.1. The highest BCUT2D eigenvalue weighted by molar-refractivity contribution is 5.85. The van der Waals surface area contributed by atoms with Gasteiger partial charge in [-0.25, -0.2) is 0 Å². The van der Waals surface area contributed by atoms with Gasteiger partial charge in [-0.2, -0.15) is 0 Å². The molecule has 2 unspecified atom stereocenters. The minimum absolute atomic E-state index is 0. The normalized spacial score (nSPS) is 13.4. The Hall–Kier alpha value is -1.06. The Morgan fingerprint density at radius 2 is 1.67 bits per heavy atom. The first-order valence-electron chi connectivity index (χ1n) is 7.58. The van der Waals surface area contributed by atoms with Crippen molar-refractivity contribution in [3.05, 3.63) is 35.4 Å². The van der Waals surface area contributed by atoms with Crippen LogP contribution in [-0.4, -0.2) is 12.5 Å². The molecule has 1 rings (SSSR count). The predicted molar refractivity (Wildman–Crippen MR) is 91.8 cm³/mol. The van der Waals surface area contributed by atoms with E-state index in [2.05, 4.69) is 50.4 Å². The molecule has 3 nitrogen and oxygen atoms in total. The fourth-order valence-electron chi connectivity index (χ4n) is 2.19. The maximum absolute atomic E-state index is 11.8. The Morgan fingerprint density at radius 3 is 2.14 bits per heavy atom. The van der Waals surface area contributed by atoms with E-state index in [1.54, 1.807) is 0 Å². The van der Waals surface area contributed by atoms with Crippen molar-refractivity contribution in [3.8, 4) is 0 Å². The van der Waals surface area contributed by atoms with E-state index in [9.17, 15) is 4.79 Å².